The van der Waals surface area contributed by atoms with Crippen LogP contribution in [0.3, 0.4) is 0 Å². The molecule has 12 aromatic rings. The Hall–Kier alpha value is -9.88. The summed E-state index contributed by atoms with van der Waals surface area (Å²) in [6.07, 6.45) is 0. The predicted octanol–water partition coefficient (Wildman–Crippen LogP) is 18.6. The fourth-order valence-electron chi connectivity index (χ4n) is 15.1. The van der Waals surface area contributed by atoms with Gasteiger partial charge in [-0.2, -0.15) is 0 Å². The summed E-state index contributed by atoms with van der Waals surface area (Å²) >= 11 is 1.92. The highest BCUT2D eigenvalue weighted by molar-refractivity contribution is 8.00. The molecule has 0 bridgehead atoms. The topological polar surface area (TPSA) is 22.2 Å². The van der Waals surface area contributed by atoms with Gasteiger partial charge in [0.05, 0.1) is 28.4 Å². The van der Waals surface area contributed by atoms with Gasteiger partial charge < -0.3 is 24.3 Å². The Kier molecular flexibility index (Phi) is 13.2. The summed E-state index contributed by atoms with van der Waals surface area (Å²) in [5, 5.41) is 0. The van der Waals surface area contributed by atoms with E-state index in [0.29, 0.717) is 0 Å². The summed E-state index contributed by atoms with van der Waals surface area (Å²) in [7, 11) is 0. The smallest absolute Gasteiger partial charge is 0.256 e. The van der Waals surface area contributed by atoms with Gasteiger partial charge in [0.15, 0.2) is 0 Å². The molecule has 0 amide bonds. The number of fused-ring (bicyclic) bond motifs is 8. The summed E-state index contributed by atoms with van der Waals surface area (Å²) in [6, 6.07) is 93.1. The molecule has 0 N–H and O–H groups in total. The number of ether oxygens (including phenoxy) is 1. The highest BCUT2D eigenvalue weighted by Gasteiger charge is 2.47. The second-order valence-electron chi connectivity index (χ2n) is 25.9. The predicted molar refractivity (Wildman–Crippen MR) is 384 cm³/mol. The number of aryl methyl sites for hydroxylation is 6. The van der Waals surface area contributed by atoms with Gasteiger partial charge in [-0.3, -0.25) is 0 Å². The molecule has 0 atom stereocenters. The fraction of sp³-hybridized carbons (Fsp3) is 0.122. The van der Waals surface area contributed by atoms with Crippen molar-refractivity contribution in [3.63, 3.8) is 0 Å². The Bertz CT molecular complexity index is 4820. The monoisotopic (exact) mass is 1180 g/mol. The van der Waals surface area contributed by atoms with E-state index in [1.54, 1.807) is 0 Å². The summed E-state index contributed by atoms with van der Waals surface area (Å²) in [6.45, 7) is 20.1. The summed E-state index contributed by atoms with van der Waals surface area (Å²) < 4.78 is 7.39. The third-order valence-corrected chi connectivity index (χ3v) is 20.3. The van der Waals surface area contributed by atoms with Crippen molar-refractivity contribution in [3.8, 4) is 22.6 Å². The van der Waals surface area contributed by atoms with Gasteiger partial charge in [0.25, 0.3) is 6.71 Å². The quantitative estimate of drug-likeness (QED) is 0.133. The normalized spacial score (nSPS) is 13.1. The van der Waals surface area contributed by atoms with Gasteiger partial charge >= 0.3 is 0 Å². The van der Waals surface area contributed by atoms with E-state index in [2.05, 4.69) is 331 Å². The first-order valence-electron chi connectivity index (χ1n) is 31.6. The van der Waals surface area contributed by atoms with Crippen molar-refractivity contribution in [2.75, 3.05) is 19.6 Å². The molecule has 0 aliphatic carbocycles. The van der Waals surface area contributed by atoms with Gasteiger partial charge in [0.2, 0.25) is 6.71 Å². The lowest BCUT2D eigenvalue weighted by Gasteiger charge is -2.44. The van der Waals surface area contributed by atoms with Gasteiger partial charge in [-0.05, 0) is 186 Å². The fourth-order valence-corrected chi connectivity index (χ4v) is 16.3. The molecular formula is C82H68B2N4OS. The maximum atomic E-state index is 7.39. The van der Waals surface area contributed by atoms with Crippen LogP contribution in [-0.2, 0) is 5.41 Å². The van der Waals surface area contributed by atoms with E-state index in [-0.39, 0.29) is 18.8 Å². The molecule has 8 heteroatoms. The van der Waals surface area contributed by atoms with Crippen molar-refractivity contribution in [2.24, 2.45) is 0 Å². The molecule has 0 spiro atoms. The molecule has 5 nitrogen and oxygen atoms in total. The number of benzene rings is 12. The first kappa shape index (κ1) is 55.4. The molecule has 0 fully saturated rings. The van der Waals surface area contributed by atoms with Gasteiger partial charge in [-0.15, -0.1) is 0 Å². The molecule has 0 radical (unpaired) electrons. The van der Waals surface area contributed by atoms with Crippen LogP contribution in [-0.4, -0.2) is 13.4 Å². The number of rotatable bonds is 9. The maximum absolute atomic E-state index is 7.39. The Morgan fingerprint density at radius 2 is 0.867 bits per heavy atom. The lowest BCUT2D eigenvalue weighted by atomic mass is 9.31. The van der Waals surface area contributed by atoms with E-state index in [1.807, 2.05) is 11.8 Å². The van der Waals surface area contributed by atoms with Gasteiger partial charge in [-0.1, -0.05) is 214 Å². The Morgan fingerprint density at radius 1 is 0.356 bits per heavy atom. The van der Waals surface area contributed by atoms with Crippen molar-refractivity contribution in [1.82, 2.24) is 0 Å². The Balaban J connectivity index is 0.997. The third kappa shape index (κ3) is 8.85. The van der Waals surface area contributed by atoms with Crippen molar-refractivity contribution in [2.45, 2.75) is 77.5 Å². The van der Waals surface area contributed by atoms with Crippen LogP contribution in [0, 0.1) is 41.5 Å². The number of anilines is 12. The van der Waals surface area contributed by atoms with Crippen LogP contribution in [0.15, 0.2) is 259 Å². The molecule has 0 saturated heterocycles. The minimum atomic E-state index is -0.163. The molecule has 12 aromatic carbocycles. The zero-order chi connectivity index (χ0) is 61.3. The molecule has 0 saturated carbocycles. The SMILES string of the molecule is Cc1cccc(C)c1N(c1ccccc1)c1cc2c3c(c1)N(c1ccccc1-c1ccc(C(C)(C)C)cc1)c1cc4c(cc1B3c1ccccc1O2)B1c2ccccc2N(c2c(C)cccc2C)c2cc(N(c3ccccc3)c3c(C)cccc3C)cc(c21)S4. The van der Waals surface area contributed by atoms with Crippen molar-refractivity contribution in [3.05, 3.63) is 288 Å². The van der Waals surface area contributed by atoms with Crippen LogP contribution in [0.5, 0.6) is 11.5 Å². The number of nitrogens with zero attached hydrogens (tertiary/aromatic N) is 4. The second-order valence-corrected chi connectivity index (χ2v) is 27.0. The Labute approximate surface area is 535 Å². The molecule has 90 heavy (non-hydrogen) atoms. The minimum absolute atomic E-state index is 0.00148. The first-order chi connectivity index (χ1) is 43.8. The standard InChI is InChI=1S/C82H68B2N4OS/c1-51-25-22-26-52(2)79(51)85(59-31-12-10-13-32-59)61-45-71-77-74(47-61)89-73-40-21-18-37-65(73)84(77)66-49-67-75(50-70(66)87(71)68-38-19-16-35-63(68)57-41-43-58(44-42-57)82(7,8)9)90-76-48-62(86(60-33-14-11-15-34-60)80-53(3)27-23-28-54(80)4)46-72-78(76)83(67)64-36-17-20-39-69(64)88(72)81-55(5)29-24-30-56(81)6/h10-50H,1-9H3. The summed E-state index contributed by atoms with van der Waals surface area (Å²) in [5.41, 5.74) is 32.0. The van der Waals surface area contributed by atoms with Crippen LogP contribution in [0.1, 0.15) is 59.7 Å². The average Bonchev–Trinajstić information content (AvgIpc) is 0.697. The molecule has 0 aromatic heterocycles. The lowest BCUT2D eigenvalue weighted by Crippen LogP contribution is -2.63. The van der Waals surface area contributed by atoms with E-state index in [1.165, 1.54) is 93.3 Å². The molecule has 16 rings (SSSR count). The minimum Gasteiger partial charge on any atom is -0.458 e. The Morgan fingerprint density at radius 3 is 1.48 bits per heavy atom. The largest absolute Gasteiger partial charge is 0.458 e. The lowest BCUT2D eigenvalue weighted by molar-refractivity contribution is 0.487. The van der Waals surface area contributed by atoms with Crippen LogP contribution in [0.2, 0.25) is 0 Å². The van der Waals surface area contributed by atoms with Crippen LogP contribution in [0.25, 0.3) is 11.1 Å². The van der Waals surface area contributed by atoms with E-state index in [9.17, 15) is 0 Å². The number of hydrogen-bond acceptors (Lipinski definition) is 6. The zero-order valence-electron chi connectivity index (χ0n) is 52.4. The van der Waals surface area contributed by atoms with Crippen LogP contribution in [0.4, 0.5) is 68.2 Å². The molecule has 0 unspecified atom stereocenters. The number of para-hydroxylation sites is 8. The van der Waals surface area contributed by atoms with Gasteiger partial charge in [0, 0.05) is 61.2 Å². The maximum Gasteiger partial charge on any atom is 0.256 e. The summed E-state index contributed by atoms with van der Waals surface area (Å²) in [5.74, 6) is 1.73. The van der Waals surface area contributed by atoms with E-state index >= 15 is 0 Å². The van der Waals surface area contributed by atoms with Crippen molar-refractivity contribution >= 4 is 126 Å². The highest BCUT2D eigenvalue weighted by Crippen LogP contribution is 2.52. The first-order valence-corrected chi connectivity index (χ1v) is 32.4. The van der Waals surface area contributed by atoms with Gasteiger partial charge in [-0.25, -0.2) is 0 Å². The highest BCUT2D eigenvalue weighted by atomic mass is 32.2. The summed E-state index contributed by atoms with van der Waals surface area (Å²) in [4.78, 5) is 12.6. The van der Waals surface area contributed by atoms with E-state index in [0.717, 1.165) is 79.1 Å². The van der Waals surface area contributed by atoms with Crippen molar-refractivity contribution in [1.29, 1.82) is 0 Å². The second kappa shape index (κ2) is 21.4. The molecular weight excluding hydrogens is 1110 g/mol. The molecule has 4 aliphatic heterocycles. The zero-order valence-corrected chi connectivity index (χ0v) is 53.2. The van der Waals surface area contributed by atoms with E-state index in [4.69, 9.17) is 4.74 Å². The van der Waals surface area contributed by atoms with Crippen LogP contribution >= 0.6 is 11.8 Å². The van der Waals surface area contributed by atoms with Crippen molar-refractivity contribution < 1.29 is 4.74 Å². The molecule has 434 valence electrons. The molecule has 4 heterocycles. The van der Waals surface area contributed by atoms with E-state index < -0.39 is 0 Å². The third-order valence-electron chi connectivity index (χ3n) is 19.2. The molecule has 4 aliphatic rings. The van der Waals surface area contributed by atoms with Crippen LogP contribution < -0.4 is 57.1 Å². The average molecular weight is 1180 g/mol. The number of hydrogen-bond donors (Lipinski definition) is 0. The van der Waals surface area contributed by atoms with Gasteiger partial charge in [0.1, 0.15) is 11.5 Å².